The van der Waals surface area contributed by atoms with Gasteiger partial charge in [0.15, 0.2) is 0 Å². The Bertz CT molecular complexity index is 521. The van der Waals surface area contributed by atoms with Gasteiger partial charge in [0.2, 0.25) is 0 Å². The third kappa shape index (κ3) is 1.98. The molecule has 3 nitrogen and oxygen atoms in total. The highest BCUT2D eigenvalue weighted by molar-refractivity contribution is 5.90. The predicted molar refractivity (Wildman–Crippen MR) is 69.0 cm³/mol. The lowest BCUT2D eigenvalue weighted by atomic mass is 10.1. The number of hydrogen-bond donors (Lipinski definition) is 2. The van der Waals surface area contributed by atoms with Crippen molar-refractivity contribution in [2.24, 2.45) is 0 Å². The molecule has 2 aromatic rings. The number of anilines is 1. The average Bonchev–Trinajstić information content (AvgIpc) is 2.76. The smallest absolute Gasteiger partial charge is 0.0741 e. The Morgan fingerprint density at radius 1 is 1.18 bits per heavy atom. The number of nitrogens with zero attached hydrogens (tertiary/aromatic N) is 1. The van der Waals surface area contributed by atoms with E-state index >= 15 is 0 Å². The van der Waals surface area contributed by atoms with Crippen LogP contribution in [0.25, 0.3) is 10.9 Å². The zero-order valence-electron chi connectivity index (χ0n) is 9.63. The number of benzene rings is 1. The number of nitrogens with one attached hydrogen (secondary N) is 1. The van der Waals surface area contributed by atoms with E-state index in [4.69, 9.17) is 0 Å². The van der Waals surface area contributed by atoms with E-state index in [1.54, 1.807) is 0 Å². The van der Waals surface area contributed by atoms with E-state index in [0.717, 1.165) is 35.9 Å². The Labute approximate surface area is 100 Å². The van der Waals surface area contributed by atoms with Crippen LogP contribution in [0.5, 0.6) is 0 Å². The first-order chi connectivity index (χ1) is 8.34. The molecule has 2 N–H and O–H groups in total. The van der Waals surface area contributed by atoms with Gasteiger partial charge in [0.25, 0.3) is 0 Å². The molecule has 88 valence electrons. The van der Waals surface area contributed by atoms with Crippen molar-refractivity contribution in [2.45, 2.75) is 31.4 Å². The van der Waals surface area contributed by atoms with Crippen LogP contribution in [0, 0.1) is 0 Å². The summed E-state index contributed by atoms with van der Waals surface area (Å²) in [6, 6.07) is 10.2. The molecule has 1 aliphatic rings. The van der Waals surface area contributed by atoms with Gasteiger partial charge in [-0.1, -0.05) is 18.2 Å². The molecule has 1 fully saturated rings. The predicted octanol–water partition coefficient (Wildman–Crippen LogP) is 2.56. The number of hydrogen-bond acceptors (Lipinski definition) is 3. The standard InChI is InChI=1S/C14H16N2O/c17-14-7-3-6-13(14)16-12-8-9-15-11-5-2-1-4-10(11)12/h1-2,4-5,8-9,13-14,17H,3,6-7H2,(H,15,16). The van der Waals surface area contributed by atoms with Crippen LogP contribution in [0.2, 0.25) is 0 Å². The van der Waals surface area contributed by atoms with Gasteiger partial charge in [-0.2, -0.15) is 0 Å². The summed E-state index contributed by atoms with van der Waals surface area (Å²) in [7, 11) is 0. The molecule has 1 aliphatic carbocycles. The summed E-state index contributed by atoms with van der Waals surface area (Å²) in [6.45, 7) is 0. The first kappa shape index (κ1) is 10.5. The third-order valence-electron chi connectivity index (χ3n) is 3.47. The molecule has 2 atom stereocenters. The van der Waals surface area contributed by atoms with Gasteiger partial charge in [0, 0.05) is 17.3 Å². The van der Waals surface area contributed by atoms with Crippen LogP contribution in [0.1, 0.15) is 19.3 Å². The molecule has 1 heterocycles. The van der Waals surface area contributed by atoms with Crippen LogP contribution in [0.3, 0.4) is 0 Å². The molecule has 0 radical (unpaired) electrons. The van der Waals surface area contributed by atoms with Crippen LogP contribution in [0.4, 0.5) is 5.69 Å². The highest BCUT2D eigenvalue weighted by Crippen LogP contribution is 2.26. The first-order valence-electron chi connectivity index (χ1n) is 6.13. The molecule has 0 saturated heterocycles. The zero-order chi connectivity index (χ0) is 11.7. The van der Waals surface area contributed by atoms with Gasteiger partial charge in [0.05, 0.1) is 17.7 Å². The van der Waals surface area contributed by atoms with E-state index < -0.39 is 0 Å². The summed E-state index contributed by atoms with van der Waals surface area (Å²) >= 11 is 0. The SMILES string of the molecule is OC1CCCC1Nc1ccnc2ccccc12. The van der Waals surface area contributed by atoms with Crippen molar-refractivity contribution in [3.8, 4) is 0 Å². The van der Waals surface area contributed by atoms with Gasteiger partial charge in [-0.3, -0.25) is 4.98 Å². The summed E-state index contributed by atoms with van der Waals surface area (Å²) in [5.74, 6) is 0. The fourth-order valence-electron chi connectivity index (χ4n) is 2.53. The van der Waals surface area contributed by atoms with Gasteiger partial charge < -0.3 is 10.4 Å². The van der Waals surface area contributed by atoms with Crippen molar-refractivity contribution < 1.29 is 5.11 Å². The highest BCUT2D eigenvalue weighted by Gasteiger charge is 2.25. The number of fused-ring (bicyclic) bond motifs is 1. The van der Waals surface area contributed by atoms with Crippen molar-refractivity contribution in [3.63, 3.8) is 0 Å². The Kier molecular flexibility index (Phi) is 2.69. The molecule has 3 heteroatoms. The molecular weight excluding hydrogens is 212 g/mol. The number of aromatic nitrogens is 1. The maximum Gasteiger partial charge on any atom is 0.0741 e. The first-order valence-corrected chi connectivity index (χ1v) is 6.13. The van der Waals surface area contributed by atoms with Crippen LogP contribution in [0.15, 0.2) is 36.5 Å². The second-order valence-corrected chi connectivity index (χ2v) is 4.62. The fraction of sp³-hybridized carbons (Fsp3) is 0.357. The minimum atomic E-state index is -0.220. The molecule has 0 spiro atoms. The van der Waals surface area contributed by atoms with Crippen molar-refractivity contribution >= 4 is 16.6 Å². The van der Waals surface area contributed by atoms with Gasteiger partial charge >= 0.3 is 0 Å². The van der Waals surface area contributed by atoms with E-state index in [0.29, 0.717) is 0 Å². The van der Waals surface area contributed by atoms with Crippen LogP contribution >= 0.6 is 0 Å². The van der Waals surface area contributed by atoms with Crippen molar-refractivity contribution in [1.82, 2.24) is 4.98 Å². The van der Waals surface area contributed by atoms with Crippen LogP contribution < -0.4 is 5.32 Å². The molecule has 1 aromatic heterocycles. The highest BCUT2D eigenvalue weighted by atomic mass is 16.3. The van der Waals surface area contributed by atoms with Gasteiger partial charge in [-0.15, -0.1) is 0 Å². The van der Waals surface area contributed by atoms with E-state index in [1.165, 1.54) is 0 Å². The Hall–Kier alpha value is -1.61. The summed E-state index contributed by atoms with van der Waals surface area (Å²) < 4.78 is 0. The molecule has 1 saturated carbocycles. The van der Waals surface area contributed by atoms with Gasteiger partial charge in [-0.05, 0) is 31.4 Å². The van der Waals surface area contributed by atoms with E-state index in [1.807, 2.05) is 30.5 Å². The molecule has 3 rings (SSSR count). The Morgan fingerprint density at radius 2 is 2.06 bits per heavy atom. The van der Waals surface area contributed by atoms with E-state index in [2.05, 4.69) is 16.4 Å². The molecule has 0 amide bonds. The maximum atomic E-state index is 9.84. The normalized spacial score (nSPS) is 24.1. The molecule has 0 aliphatic heterocycles. The second-order valence-electron chi connectivity index (χ2n) is 4.62. The van der Waals surface area contributed by atoms with Gasteiger partial charge in [-0.25, -0.2) is 0 Å². The monoisotopic (exact) mass is 228 g/mol. The Morgan fingerprint density at radius 3 is 2.88 bits per heavy atom. The number of aliphatic hydroxyl groups excluding tert-OH is 1. The third-order valence-corrected chi connectivity index (χ3v) is 3.47. The molecule has 1 aromatic carbocycles. The number of rotatable bonds is 2. The van der Waals surface area contributed by atoms with Crippen molar-refractivity contribution in [1.29, 1.82) is 0 Å². The fourth-order valence-corrected chi connectivity index (χ4v) is 2.53. The quantitative estimate of drug-likeness (QED) is 0.830. The largest absolute Gasteiger partial charge is 0.391 e. The lowest BCUT2D eigenvalue weighted by Gasteiger charge is -2.18. The maximum absolute atomic E-state index is 9.84. The zero-order valence-corrected chi connectivity index (χ0v) is 9.63. The molecule has 2 unspecified atom stereocenters. The number of para-hydroxylation sites is 1. The summed E-state index contributed by atoms with van der Waals surface area (Å²) in [5, 5.41) is 14.4. The molecule has 0 bridgehead atoms. The Balaban J connectivity index is 1.94. The molecule has 17 heavy (non-hydrogen) atoms. The lowest BCUT2D eigenvalue weighted by molar-refractivity contribution is 0.172. The molecular formula is C14H16N2O. The summed E-state index contributed by atoms with van der Waals surface area (Å²) in [4.78, 5) is 4.33. The number of aliphatic hydroxyl groups is 1. The topological polar surface area (TPSA) is 45.1 Å². The minimum absolute atomic E-state index is 0.181. The average molecular weight is 228 g/mol. The van der Waals surface area contributed by atoms with Crippen molar-refractivity contribution in [3.05, 3.63) is 36.5 Å². The second kappa shape index (κ2) is 4.34. The van der Waals surface area contributed by atoms with Crippen LogP contribution in [-0.4, -0.2) is 22.2 Å². The van der Waals surface area contributed by atoms with Crippen LogP contribution in [-0.2, 0) is 0 Å². The summed E-state index contributed by atoms with van der Waals surface area (Å²) in [6.07, 6.45) is 4.63. The van der Waals surface area contributed by atoms with E-state index in [9.17, 15) is 5.11 Å². The van der Waals surface area contributed by atoms with E-state index in [-0.39, 0.29) is 12.1 Å². The van der Waals surface area contributed by atoms with Crippen molar-refractivity contribution in [2.75, 3.05) is 5.32 Å². The summed E-state index contributed by atoms with van der Waals surface area (Å²) in [5.41, 5.74) is 2.06. The minimum Gasteiger partial charge on any atom is -0.391 e. The van der Waals surface area contributed by atoms with Gasteiger partial charge in [0.1, 0.15) is 0 Å². The number of pyridine rings is 1. The lowest BCUT2D eigenvalue weighted by Crippen LogP contribution is -2.27.